The normalized spacial score (nSPS) is 19.5. The van der Waals surface area contributed by atoms with E-state index in [9.17, 15) is 18.8 Å². The van der Waals surface area contributed by atoms with Crippen molar-refractivity contribution < 1.29 is 18.7 Å². The molecule has 1 aliphatic rings. The highest BCUT2D eigenvalue weighted by atomic mass is 19.1. The Kier molecular flexibility index (Phi) is 5.81. The number of nitrogens with one attached hydrogen (secondary N) is 1. The van der Waals surface area contributed by atoms with Crippen LogP contribution in [0.5, 0.6) is 0 Å². The highest BCUT2D eigenvalue weighted by Gasteiger charge is 2.37. The van der Waals surface area contributed by atoms with E-state index in [4.69, 9.17) is 10.5 Å². The third kappa shape index (κ3) is 4.24. The first-order valence-electron chi connectivity index (χ1n) is 8.42. The first-order valence-corrected chi connectivity index (χ1v) is 8.42. The van der Waals surface area contributed by atoms with Crippen LogP contribution in [0.3, 0.4) is 0 Å². The van der Waals surface area contributed by atoms with Gasteiger partial charge in [-0.3, -0.25) is 28.8 Å². The standard InChI is InChI=1S/C18H19FN5O4/c1-28-12-7-15(18(20)27)23(9-12)10-16(25)22-14-3-2-11(6-13(14)19)24-5-4-21-8-17(24)26/h2-8,12,15H,9-10H2,1H3,(H2,20,27)(H,22,25)/t12-,15?/m0/s1. The Balaban J connectivity index is 1.70. The number of likely N-dealkylation sites (tertiary alicyclic amines) is 1. The van der Waals surface area contributed by atoms with Crippen LogP contribution in [0.15, 0.2) is 41.6 Å². The summed E-state index contributed by atoms with van der Waals surface area (Å²) in [6, 6.07) is 3.25. The molecule has 1 radical (unpaired) electrons. The predicted octanol–water partition coefficient (Wildman–Crippen LogP) is -0.301. The molecular weight excluding hydrogens is 369 g/mol. The number of amides is 2. The quantitative estimate of drug-likeness (QED) is 0.701. The van der Waals surface area contributed by atoms with Gasteiger partial charge >= 0.3 is 0 Å². The molecule has 3 N–H and O–H groups in total. The summed E-state index contributed by atoms with van der Waals surface area (Å²) in [5.74, 6) is -1.81. The minimum Gasteiger partial charge on any atom is -0.380 e. The van der Waals surface area contributed by atoms with Gasteiger partial charge in [0.25, 0.3) is 5.56 Å². The average molecular weight is 388 g/mol. The summed E-state index contributed by atoms with van der Waals surface area (Å²) in [6.45, 7) is 0.166. The van der Waals surface area contributed by atoms with Gasteiger partial charge in [-0.25, -0.2) is 4.39 Å². The second-order valence-electron chi connectivity index (χ2n) is 6.24. The average Bonchev–Trinajstić information content (AvgIpc) is 3.07. The van der Waals surface area contributed by atoms with E-state index in [-0.39, 0.29) is 18.3 Å². The third-order valence-electron chi connectivity index (χ3n) is 4.37. The maximum atomic E-state index is 14.4. The van der Waals surface area contributed by atoms with E-state index in [0.29, 0.717) is 12.2 Å². The number of hydrogen-bond acceptors (Lipinski definition) is 6. The van der Waals surface area contributed by atoms with Crippen LogP contribution >= 0.6 is 0 Å². The smallest absolute Gasteiger partial charge is 0.273 e. The van der Waals surface area contributed by atoms with Crippen molar-refractivity contribution in [2.45, 2.75) is 12.1 Å². The molecule has 1 saturated heterocycles. The van der Waals surface area contributed by atoms with E-state index >= 15 is 0 Å². The molecule has 10 heteroatoms. The molecule has 2 atom stereocenters. The van der Waals surface area contributed by atoms with Gasteiger partial charge in [-0.1, -0.05) is 0 Å². The molecule has 9 nitrogen and oxygen atoms in total. The van der Waals surface area contributed by atoms with Gasteiger partial charge in [0.2, 0.25) is 11.8 Å². The molecule has 0 spiro atoms. The molecule has 1 fully saturated rings. The number of aromatic nitrogens is 2. The zero-order valence-electron chi connectivity index (χ0n) is 15.0. The summed E-state index contributed by atoms with van der Waals surface area (Å²) in [6.07, 6.45) is 5.24. The Morgan fingerprint density at radius 3 is 2.86 bits per heavy atom. The van der Waals surface area contributed by atoms with Crippen molar-refractivity contribution in [3.8, 4) is 5.69 Å². The van der Waals surface area contributed by atoms with Crippen molar-refractivity contribution in [2.24, 2.45) is 5.73 Å². The number of rotatable bonds is 6. The Labute approximate surface area is 159 Å². The first kappa shape index (κ1) is 19.6. The number of hydrogen-bond donors (Lipinski definition) is 2. The van der Waals surface area contributed by atoms with Gasteiger partial charge in [0.05, 0.1) is 36.3 Å². The fourth-order valence-electron chi connectivity index (χ4n) is 3.01. The molecule has 0 saturated carbocycles. The van der Waals surface area contributed by atoms with Gasteiger partial charge in [-0.05, 0) is 12.1 Å². The molecule has 0 bridgehead atoms. The van der Waals surface area contributed by atoms with Crippen molar-refractivity contribution >= 4 is 17.5 Å². The number of carbonyl (C=O) groups is 2. The van der Waals surface area contributed by atoms with Crippen LogP contribution < -0.4 is 16.6 Å². The first-order chi connectivity index (χ1) is 13.4. The van der Waals surface area contributed by atoms with Gasteiger partial charge in [0, 0.05) is 38.5 Å². The molecule has 0 aliphatic carbocycles. The van der Waals surface area contributed by atoms with Crippen molar-refractivity contribution in [2.75, 3.05) is 25.5 Å². The fraction of sp³-hybridized carbons (Fsp3) is 0.278. The van der Waals surface area contributed by atoms with Crippen LogP contribution in [-0.2, 0) is 14.3 Å². The van der Waals surface area contributed by atoms with E-state index in [0.717, 1.165) is 12.3 Å². The molecule has 2 amide bonds. The van der Waals surface area contributed by atoms with Gasteiger partial charge in [0.15, 0.2) is 0 Å². The summed E-state index contributed by atoms with van der Waals surface area (Å²) < 4.78 is 20.8. The summed E-state index contributed by atoms with van der Waals surface area (Å²) in [5, 5.41) is 2.46. The Hall–Kier alpha value is -3.11. The molecule has 2 heterocycles. The van der Waals surface area contributed by atoms with Crippen LogP contribution in [0.25, 0.3) is 5.69 Å². The number of benzene rings is 1. The maximum absolute atomic E-state index is 14.4. The number of anilines is 1. The number of primary amides is 1. The number of carbonyl (C=O) groups excluding carboxylic acids is 2. The van der Waals surface area contributed by atoms with E-state index in [1.807, 2.05) is 0 Å². The van der Waals surface area contributed by atoms with Crippen molar-refractivity contribution in [3.05, 3.63) is 59.4 Å². The molecule has 1 unspecified atom stereocenters. The lowest BCUT2D eigenvalue weighted by Gasteiger charge is -2.20. The zero-order valence-corrected chi connectivity index (χ0v) is 15.0. The molecule has 3 rings (SSSR count). The van der Waals surface area contributed by atoms with Gasteiger partial charge in [-0.2, -0.15) is 0 Å². The molecular formula is C18H19FN5O4. The van der Waals surface area contributed by atoms with Crippen LogP contribution in [-0.4, -0.2) is 58.6 Å². The van der Waals surface area contributed by atoms with Crippen LogP contribution in [0, 0.1) is 12.2 Å². The summed E-state index contributed by atoms with van der Waals surface area (Å²) in [4.78, 5) is 40.9. The van der Waals surface area contributed by atoms with Crippen molar-refractivity contribution in [1.82, 2.24) is 14.5 Å². The molecule has 28 heavy (non-hydrogen) atoms. The second kappa shape index (κ2) is 8.28. The van der Waals surface area contributed by atoms with E-state index in [1.165, 1.54) is 36.2 Å². The zero-order chi connectivity index (χ0) is 20.3. The highest BCUT2D eigenvalue weighted by molar-refractivity contribution is 5.93. The van der Waals surface area contributed by atoms with Crippen molar-refractivity contribution in [1.29, 1.82) is 0 Å². The monoisotopic (exact) mass is 388 g/mol. The number of nitrogens with zero attached hydrogens (tertiary/aromatic N) is 3. The molecule has 1 aromatic carbocycles. The topological polar surface area (TPSA) is 120 Å². The van der Waals surface area contributed by atoms with E-state index in [1.54, 1.807) is 11.3 Å². The lowest BCUT2D eigenvalue weighted by molar-refractivity contribution is -0.123. The maximum Gasteiger partial charge on any atom is 0.273 e. The minimum atomic E-state index is -0.735. The van der Waals surface area contributed by atoms with Crippen LogP contribution in [0.1, 0.15) is 0 Å². The molecule has 1 aliphatic heterocycles. The lowest BCUT2D eigenvalue weighted by Crippen LogP contribution is -2.44. The number of nitrogens with two attached hydrogens (primary N) is 1. The lowest BCUT2D eigenvalue weighted by atomic mass is 10.2. The third-order valence-corrected chi connectivity index (χ3v) is 4.37. The predicted molar refractivity (Wildman–Crippen MR) is 98.1 cm³/mol. The van der Waals surface area contributed by atoms with E-state index < -0.39 is 29.2 Å². The Morgan fingerprint density at radius 1 is 1.43 bits per heavy atom. The minimum absolute atomic E-state index is 0.0436. The van der Waals surface area contributed by atoms with Gasteiger partial charge in [0.1, 0.15) is 5.82 Å². The van der Waals surface area contributed by atoms with Gasteiger partial charge in [-0.15, -0.1) is 0 Å². The highest BCUT2D eigenvalue weighted by Crippen LogP contribution is 2.20. The summed E-state index contributed by atoms with van der Waals surface area (Å²) in [5.41, 5.74) is 5.20. The van der Waals surface area contributed by atoms with Gasteiger partial charge < -0.3 is 15.8 Å². The number of ether oxygens (including phenoxy) is 1. The van der Waals surface area contributed by atoms with Crippen LogP contribution in [0.4, 0.5) is 10.1 Å². The SMILES string of the molecule is CO[C@H]1[CH]C(C(N)=O)N(CC(=O)Nc2ccc(-n3ccncc3=O)cc2F)C1. The molecule has 2 aromatic rings. The van der Waals surface area contributed by atoms with Crippen molar-refractivity contribution in [3.63, 3.8) is 0 Å². The largest absolute Gasteiger partial charge is 0.380 e. The Bertz CT molecular complexity index is 948. The number of methoxy groups -OCH3 is 1. The second-order valence-corrected chi connectivity index (χ2v) is 6.24. The summed E-state index contributed by atoms with van der Waals surface area (Å²) >= 11 is 0. The molecule has 1 aromatic heterocycles. The summed E-state index contributed by atoms with van der Waals surface area (Å²) in [7, 11) is 1.49. The number of halogens is 1. The fourth-order valence-corrected chi connectivity index (χ4v) is 3.01. The molecule has 147 valence electrons. The van der Waals surface area contributed by atoms with E-state index in [2.05, 4.69) is 10.3 Å². The van der Waals surface area contributed by atoms with Crippen LogP contribution in [0.2, 0.25) is 0 Å². The Morgan fingerprint density at radius 2 is 2.21 bits per heavy atom.